The van der Waals surface area contributed by atoms with Gasteiger partial charge in [0, 0.05) is 32.7 Å². The van der Waals surface area contributed by atoms with Gasteiger partial charge in [0.1, 0.15) is 10.6 Å². The molecule has 0 bridgehead atoms. The fourth-order valence-corrected chi connectivity index (χ4v) is 2.06. The van der Waals surface area contributed by atoms with Gasteiger partial charge in [-0.2, -0.15) is 0 Å². The Kier molecular flexibility index (Phi) is 5.34. The number of methoxy groups -OCH3 is 2. The fraction of sp³-hybridized carbons (Fsp3) is 0.727. The van der Waals surface area contributed by atoms with E-state index in [-0.39, 0.29) is 5.60 Å². The van der Waals surface area contributed by atoms with Gasteiger partial charge in [0.05, 0.1) is 12.3 Å². The summed E-state index contributed by atoms with van der Waals surface area (Å²) < 4.78 is 10.3. The average Bonchev–Trinajstić information content (AvgIpc) is 2.74. The quantitative estimate of drug-likeness (QED) is 0.742. The Morgan fingerprint density at radius 3 is 2.81 bits per heavy atom. The van der Waals surface area contributed by atoms with Crippen LogP contribution in [0, 0.1) is 0 Å². The van der Waals surface area contributed by atoms with Crippen LogP contribution in [0.3, 0.4) is 0 Å². The second-order valence-corrected chi connectivity index (χ2v) is 4.89. The van der Waals surface area contributed by atoms with Crippen molar-refractivity contribution in [3.8, 4) is 0 Å². The van der Waals surface area contributed by atoms with E-state index in [0.29, 0.717) is 0 Å². The number of hydrogen-bond donors (Lipinski definition) is 1. The Bertz CT molecular complexity index is 313. The highest BCUT2D eigenvalue weighted by Gasteiger charge is 2.23. The van der Waals surface area contributed by atoms with Crippen molar-refractivity contribution < 1.29 is 9.47 Å². The molecule has 0 atom stereocenters. The van der Waals surface area contributed by atoms with Crippen molar-refractivity contribution in [2.75, 3.05) is 27.4 Å². The molecular weight excluding hydrogens is 224 g/mol. The first-order chi connectivity index (χ1) is 7.60. The molecule has 4 nitrogen and oxygen atoms in total. The lowest BCUT2D eigenvalue weighted by atomic mass is 10.1. The van der Waals surface area contributed by atoms with Gasteiger partial charge < -0.3 is 14.8 Å². The molecule has 0 aliphatic heterocycles. The predicted molar refractivity (Wildman–Crippen MR) is 65.7 cm³/mol. The third-order valence-corrected chi connectivity index (χ3v) is 3.56. The maximum atomic E-state index is 5.39. The van der Waals surface area contributed by atoms with Crippen LogP contribution in [-0.2, 0) is 21.6 Å². The van der Waals surface area contributed by atoms with Crippen LogP contribution < -0.4 is 5.32 Å². The molecule has 0 unspecified atom stereocenters. The molecule has 1 aromatic rings. The van der Waals surface area contributed by atoms with Gasteiger partial charge in [0.15, 0.2) is 0 Å². The molecule has 1 rings (SSSR count). The highest BCUT2D eigenvalue weighted by Crippen LogP contribution is 2.26. The van der Waals surface area contributed by atoms with Gasteiger partial charge in [-0.15, -0.1) is 11.3 Å². The minimum atomic E-state index is -0.296. The Hall–Kier alpha value is -0.490. The van der Waals surface area contributed by atoms with Crippen molar-refractivity contribution in [1.29, 1.82) is 0 Å². The van der Waals surface area contributed by atoms with Gasteiger partial charge >= 0.3 is 0 Å². The summed E-state index contributed by atoms with van der Waals surface area (Å²) in [7, 11) is 3.40. The van der Waals surface area contributed by atoms with Gasteiger partial charge in [-0.1, -0.05) is 0 Å². The van der Waals surface area contributed by atoms with E-state index >= 15 is 0 Å². The van der Waals surface area contributed by atoms with Gasteiger partial charge in [0.2, 0.25) is 0 Å². The molecular formula is C11H20N2O2S. The molecule has 0 aliphatic carbocycles. The van der Waals surface area contributed by atoms with Gasteiger partial charge in [-0.05, 0) is 13.8 Å². The summed E-state index contributed by atoms with van der Waals surface area (Å²) in [6.45, 7) is 6.39. The Balaban J connectivity index is 2.45. The van der Waals surface area contributed by atoms with Crippen molar-refractivity contribution in [3.05, 3.63) is 16.1 Å². The smallest absolute Gasteiger partial charge is 0.124 e. The third-order valence-electron chi connectivity index (χ3n) is 2.37. The number of ether oxygens (including phenoxy) is 2. The first-order valence-electron chi connectivity index (χ1n) is 5.30. The second-order valence-electron chi connectivity index (χ2n) is 4.03. The first kappa shape index (κ1) is 13.6. The summed E-state index contributed by atoms with van der Waals surface area (Å²) in [5.41, 5.74) is 0.761. The number of nitrogens with zero attached hydrogens (tertiary/aromatic N) is 1. The molecule has 1 aromatic heterocycles. The van der Waals surface area contributed by atoms with E-state index < -0.39 is 0 Å². The molecule has 1 N–H and O–H groups in total. The summed E-state index contributed by atoms with van der Waals surface area (Å²) in [6.07, 6.45) is 0. The van der Waals surface area contributed by atoms with E-state index in [0.717, 1.165) is 30.4 Å². The molecule has 92 valence electrons. The number of thiazole rings is 1. The van der Waals surface area contributed by atoms with Crippen LogP contribution >= 0.6 is 11.3 Å². The van der Waals surface area contributed by atoms with Crippen LogP contribution in [0.2, 0.25) is 0 Å². The van der Waals surface area contributed by atoms with Crippen molar-refractivity contribution in [2.45, 2.75) is 26.0 Å². The van der Waals surface area contributed by atoms with Gasteiger partial charge in [0.25, 0.3) is 0 Å². The number of aromatic nitrogens is 1. The molecule has 16 heavy (non-hydrogen) atoms. The molecule has 0 saturated heterocycles. The Labute approximate surface area is 101 Å². The SMILES string of the molecule is COCCNCc1csc(C(C)(C)OC)n1. The largest absolute Gasteiger partial charge is 0.383 e. The first-order valence-corrected chi connectivity index (χ1v) is 6.18. The molecule has 1 heterocycles. The second kappa shape index (κ2) is 6.30. The van der Waals surface area contributed by atoms with Crippen LogP contribution in [0.1, 0.15) is 24.5 Å². The van der Waals surface area contributed by atoms with E-state index in [2.05, 4.69) is 15.7 Å². The van der Waals surface area contributed by atoms with E-state index in [1.54, 1.807) is 25.6 Å². The zero-order chi connectivity index (χ0) is 12.0. The van der Waals surface area contributed by atoms with E-state index in [4.69, 9.17) is 9.47 Å². The molecule has 0 aliphatic rings. The van der Waals surface area contributed by atoms with Crippen molar-refractivity contribution in [1.82, 2.24) is 10.3 Å². The molecule has 0 aromatic carbocycles. The summed E-state index contributed by atoms with van der Waals surface area (Å²) in [5.74, 6) is 0. The highest BCUT2D eigenvalue weighted by atomic mass is 32.1. The maximum absolute atomic E-state index is 5.39. The molecule has 0 saturated carbocycles. The highest BCUT2D eigenvalue weighted by molar-refractivity contribution is 7.09. The predicted octanol–water partition coefficient (Wildman–Crippen LogP) is 1.76. The topological polar surface area (TPSA) is 43.4 Å². The van der Waals surface area contributed by atoms with Crippen molar-refractivity contribution >= 4 is 11.3 Å². The normalized spacial score (nSPS) is 12.0. The minimum absolute atomic E-state index is 0.296. The molecule has 0 amide bonds. The average molecular weight is 244 g/mol. The number of hydrogen-bond acceptors (Lipinski definition) is 5. The minimum Gasteiger partial charge on any atom is -0.383 e. The zero-order valence-corrected chi connectivity index (χ0v) is 11.2. The third kappa shape index (κ3) is 3.83. The summed E-state index contributed by atoms with van der Waals surface area (Å²) in [6, 6.07) is 0. The van der Waals surface area contributed by atoms with Gasteiger partial charge in [-0.25, -0.2) is 4.98 Å². The lowest BCUT2D eigenvalue weighted by Crippen LogP contribution is -2.21. The molecule has 0 fully saturated rings. The van der Waals surface area contributed by atoms with E-state index in [9.17, 15) is 0 Å². The van der Waals surface area contributed by atoms with E-state index in [1.165, 1.54) is 0 Å². The Morgan fingerprint density at radius 1 is 1.44 bits per heavy atom. The van der Waals surface area contributed by atoms with Crippen LogP contribution in [-0.4, -0.2) is 32.4 Å². The van der Waals surface area contributed by atoms with Crippen LogP contribution in [0.25, 0.3) is 0 Å². The molecule has 5 heteroatoms. The summed E-state index contributed by atoms with van der Waals surface area (Å²) >= 11 is 1.64. The monoisotopic (exact) mass is 244 g/mol. The number of rotatable bonds is 7. The van der Waals surface area contributed by atoms with Crippen LogP contribution in [0.15, 0.2) is 5.38 Å². The zero-order valence-electron chi connectivity index (χ0n) is 10.4. The van der Waals surface area contributed by atoms with E-state index in [1.807, 2.05) is 13.8 Å². The van der Waals surface area contributed by atoms with Crippen LogP contribution in [0.5, 0.6) is 0 Å². The van der Waals surface area contributed by atoms with Crippen molar-refractivity contribution in [2.24, 2.45) is 0 Å². The summed E-state index contributed by atoms with van der Waals surface area (Å²) in [4.78, 5) is 4.54. The fourth-order valence-electron chi connectivity index (χ4n) is 1.14. The van der Waals surface area contributed by atoms with Crippen molar-refractivity contribution in [3.63, 3.8) is 0 Å². The number of nitrogens with one attached hydrogen (secondary N) is 1. The Morgan fingerprint density at radius 2 is 2.19 bits per heavy atom. The van der Waals surface area contributed by atoms with Gasteiger partial charge in [-0.3, -0.25) is 0 Å². The lowest BCUT2D eigenvalue weighted by molar-refractivity contribution is 0.0189. The van der Waals surface area contributed by atoms with Crippen LogP contribution in [0.4, 0.5) is 0 Å². The lowest BCUT2D eigenvalue weighted by Gasteiger charge is -2.19. The standard InChI is InChI=1S/C11H20N2O2S/c1-11(2,15-4)10-13-9(8-16-10)7-12-5-6-14-3/h8,12H,5-7H2,1-4H3. The maximum Gasteiger partial charge on any atom is 0.124 e. The molecule has 0 spiro atoms. The molecule has 0 radical (unpaired) electrons. The summed E-state index contributed by atoms with van der Waals surface area (Å²) in [5, 5.41) is 6.34.